The molecule has 0 unspecified atom stereocenters. The molecule has 3 heterocycles. The van der Waals surface area contributed by atoms with Crippen LogP contribution in [0.5, 0.6) is 0 Å². The number of carbonyl (C=O) groups excluding carboxylic acids is 1. The van der Waals surface area contributed by atoms with E-state index in [1.165, 1.54) is 16.8 Å². The molecule has 0 fully saturated rings. The van der Waals surface area contributed by atoms with Crippen LogP contribution in [0.3, 0.4) is 0 Å². The first kappa shape index (κ1) is 12.8. The van der Waals surface area contributed by atoms with Gasteiger partial charge >= 0.3 is 0 Å². The number of amides is 1. The van der Waals surface area contributed by atoms with E-state index < -0.39 is 0 Å². The molecule has 0 bridgehead atoms. The molecule has 0 aliphatic carbocycles. The number of thiophene rings is 1. The van der Waals surface area contributed by atoms with Crippen LogP contribution in [0.25, 0.3) is 0 Å². The molecule has 1 aliphatic rings. The average Bonchev–Trinajstić information content (AvgIpc) is 3.03. The smallest absolute Gasteiger partial charge is 0.247 e. The first-order chi connectivity index (χ1) is 9.15. The Morgan fingerprint density at radius 1 is 1.58 bits per heavy atom. The molecular weight excluding hydrogens is 328 g/mol. The summed E-state index contributed by atoms with van der Waals surface area (Å²) < 4.78 is 2.73. The van der Waals surface area contributed by atoms with Crippen LogP contribution in [0.1, 0.15) is 23.4 Å². The number of hydrogen-bond acceptors (Lipinski definition) is 4. The van der Waals surface area contributed by atoms with Crippen molar-refractivity contribution in [3.05, 3.63) is 32.9 Å². The second-order valence-corrected chi connectivity index (χ2v) is 7.08. The van der Waals surface area contributed by atoms with Crippen LogP contribution >= 0.6 is 27.3 Å². The molecule has 3 rings (SSSR count). The third kappa shape index (κ3) is 2.44. The fourth-order valence-corrected chi connectivity index (χ4v) is 4.08. The van der Waals surface area contributed by atoms with Crippen LogP contribution < -0.4 is 0 Å². The van der Waals surface area contributed by atoms with Gasteiger partial charge in [-0.2, -0.15) is 5.10 Å². The summed E-state index contributed by atoms with van der Waals surface area (Å²) in [4.78, 5) is 19.5. The second-order valence-electron chi connectivity index (χ2n) is 4.56. The van der Waals surface area contributed by atoms with E-state index in [0.717, 1.165) is 16.8 Å². The summed E-state index contributed by atoms with van der Waals surface area (Å²) >= 11 is 5.21. The zero-order chi connectivity index (χ0) is 13.4. The molecule has 0 radical (unpaired) electrons. The molecule has 1 aliphatic heterocycles. The van der Waals surface area contributed by atoms with Gasteiger partial charge in [0, 0.05) is 11.4 Å². The van der Waals surface area contributed by atoms with Crippen molar-refractivity contribution in [1.29, 1.82) is 0 Å². The topological polar surface area (TPSA) is 51.0 Å². The van der Waals surface area contributed by atoms with E-state index in [9.17, 15) is 4.79 Å². The van der Waals surface area contributed by atoms with Crippen molar-refractivity contribution in [3.63, 3.8) is 0 Å². The standard InChI is InChI=1S/C12H13BrN4OS/c1-8(17-7-14-6-15-17)12(18)16-3-2-9-4-11(13)19-10(9)5-16/h4,6-8H,2-3,5H2,1H3/t8-/m0/s1. The summed E-state index contributed by atoms with van der Waals surface area (Å²) in [7, 11) is 0. The normalized spacial score (nSPS) is 16.2. The monoisotopic (exact) mass is 340 g/mol. The minimum atomic E-state index is -0.299. The van der Waals surface area contributed by atoms with Gasteiger partial charge in [-0.1, -0.05) is 0 Å². The molecule has 1 amide bonds. The van der Waals surface area contributed by atoms with Crippen LogP contribution in [0.2, 0.25) is 0 Å². The van der Waals surface area contributed by atoms with E-state index >= 15 is 0 Å². The van der Waals surface area contributed by atoms with Gasteiger partial charge in [0.2, 0.25) is 5.91 Å². The van der Waals surface area contributed by atoms with Crippen LogP contribution in [0.4, 0.5) is 0 Å². The number of fused-ring (bicyclic) bond motifs is 1. The lowest BCUT2D eigenvalue weighted by Crippen LogP contribution is -2.39. The third-order valence-corrected chi connectivity index (χ3v) is 5.02. The molecule has 0 saturated carbocycles. The van der Waals surface area contributed by atoms with Crippen molar-refractivity contribution >= 4 is 33.2 Å². The number of carbonyl (C=O) groups is 1. The first-order valence-corrected chi connectivity index (χ1v) is 7.66. The number of rotatable bonds is 2. The van der Waals surface area contributed by atoms with E-state index in [4.69, 9.17) is 0 Å². The van der Waals surface area contributed by atoms with E-state index in [0.29, 0.717) is 6.54 Å². The fraction of sp³-hybridized carbons (Fsp3) is 0.417. The Morgan fingerprint density at radius 3 is 3.16 bits per heavy atom. The molecule has 2 aromatic rings. The molecule has 7 heteroatoms. The van der Waals surface area contributed by atoms with E-state index in [-0.39, 0.29) is 11.9 Å². The fourth-order valence-electron chi connectivity index (χ4n) is 2.27. The summed E-state index contributed by atoms with van der Waals surface area (Å²) in [5.74, 6) is 0.0978. The van der Waals surface area contributed by atoms with Gasteiger partial charge < -0.3 is 4.90 Å². The summed E-state index contributed by atoms with van der Waals surface area (Å²) in [5.41, 5.74) is 1.36. The van der Waals surface area contributed by atoms with Crippen molar-refractivity contribution < 1.29 is 4.79 Å². The predicted octanol–water partition coefficient (Wildman–Crippen LogP) is 2.25. The number of aromatic nitrogens is 3. The largest absolute Gasteiger partial charge is 0.335 e. The summed E-state index contributed by atoms with van der Waals surface area (Å²) in [6.07, 6.45) is 3.96. The highest BCUT2D eigenvalue weighted by molar-refractivity contribution is 9.11. The maximum Gasteiger partial charge on any atom is 0.247 e. The summed E-state index contributed by atoms with van der Waals surface area (Å²) in [6.45, 7) is 3.33. The number of nitrogens with zero attached hydrogens (tertiary/aromatic N) is 4. The number of hydrogen-bond donors (Lipinski definition) is 0. The van der Waals surface area contributed by atoms with Crippen molar-refractivity contribution in [1.82, 2.24) is 19.7 Å². The SMILES string of the molecule is C[C@@H](C(=O)N1CCc2cc(Br)sc2C1)n1cncn1. The van der Waals surface area contributed by atoms with Crippen molar-refractivity contribution in [2.75, 3.05) is 6.54 Å². The minimum Gasteiger partial charge on any atom is -0.335 e. The van der Waals surface area contributed by atoms with Crippen molar-refractivity contribution in [2.45, 2.75) is 25.9 Å². The van der Waals surface area contributed by atoms with Gasteiger partial charge in [0.1, 0.15) is 18.7 Å². The highest BCUT2D eigenvalue weighted by Crippen LogP contribution is 2.32. The summed E-state index contributed by atoms with van der Waals surface area (Å²) in [6, 6.07) is 1.86. The van der Waals surface area contributed by atoms with Crippen LogP contribution in [0, 0.1) is 0 Å². The molecule has 0 aromatic carbocycles. The Kier molecular flexibility index (Phi) is 3.40. The van der Waals surface area contributed by atoms with Crippen molar-refractivity contribution in [3.8, 4) is 0 Å². The molecule has 5 nitrogen and oxygen atoms in total. The highest BCUT2D eigenvalue weighted by Gasteiger charge is 2.27. The zero-order valence-corrected chi connectivity index (χ0v) is 12.8. The van der Waals surface area contributed by atoms with Gasteiger partial charge in [0.15, 0.2) is 0 Å². The molecule has 100 valence electrons. The van der Waals surface area contributed by atoms with Gasteiger partial charge in [-0.15, -0.1) is 11.3 Å². The van der Waals surface area contributed by atoms with E-state index in [2.05, 4.69) is 32.1 Å². The van der Waals surface area contributed by atoms with Gasteiger partial charge in [0.25, 0.3) is 0 Å². The van der Waals surface area contributed by atoms with Gasteiger partial charge in [0.05, 0.1) is 10.3 Å². The molecule has 2 aromatic heterocycles. The Labute approximate surface area is 123 Å². The van der Waals surface area contributed by atoms with Gasteiger partial charge in [-0.3, -0.25) is 4.79 Å². The van der Waals surface area contributed by atoms with Crippen LogP contribution in [-0.2, 0) is 17.8 Å². The first-order valence-electron chi connectivity index (χ1n) is 6.05. The van der Waals surface area contributed by atoms with Gasteiger partial charge in [-0.05, 0) is 40.9 Å². The van der Waals surface area contributed by atoms with E-state index in [1.807, 2.05) is 11.8 Å². The Morgan fingerprint density at radius 2 is 2.42 bits per heavy atom. The highest BCUT2D eigenvalue weighted by atomic mass is 79.9. The molecule has 19 heavy (non-hydrogen) atoms. The Balaban J connectivity index is 1.76. The molecular formula is C12H13BrN4OS. The lowest BCUT2D eigenvalue weighted by atomic mass is 10.1. The van der Waals surface area contributed by atoms with E-state index in [1.54, 1.807) is 22.3 Å². The quantitative estimate of drug-likeness (QED) is 0.842. The van der Waals surface area contributed by atoms with Gasteiger partial charge in [-0.25, -0.2) is 9.67 Å². The third-order valence-electron chi connectivity index (χ3n) is 3.35. The molecule has 0 N–H and O–H groups in total. The second kappa shape index (κ2) is 5.05. The predicted molar refractivity (Wildman–Crippen MR) is 75.9 cm³/mol. The van der Waals surface area contributed by atoms with Crippen LogP contribution in [-0.4, -0.2) is 32.1 Å². The lowest BCUT2D eigenvalue weighted by molar-refractivity contribution is -0.135. The lowest BCUT2D eigenvalue weighted by Gasteiger charge is -2.29. The van der Waals surface area contributed by atoms with Crippen molar-refractivity contribution in [2.24, 2.45) is 0 Å². The molecule has 0 spiro atoms. The number of halogens is 1. The maximum atomic E-state index is 12.4. The zero-order valence-electron chi connectivity index (χ0n) is 10.4. The molecule has 1 atom stereocenters. The average molecular weight is 341 g/mol. The summed E-state index contributed by atoms with van der Waals surface area (Å²) in [5, 5.41) is 4.03. The Hall–Kier alpha value is -1.21. The maximum absolute atomic E-state index is 12.4. The minimum absolute atomic E-state index is 0.0978. The molecule has 0 saturated heterocycles. The van der Waals surface area contributed by atoms with Crippen LogP contribution in [0.15, 0.2) is 22.5 Å². The Bertz CT molecular complexity index is 595.